The lowest BCUT2D eigenvalue weighted by Gasteiger charge is -2.18. The summed E-state index contributed by atoms with van der Waals surface area (Å²) in [7, 11) is 0. The lowest BCUT2D eigenvalue weighted by molar-refractivity contribution is 0.628. The van der Waals surface area contributed by atoms with Crippen LogP contribution in [0, 0.1) is 5.82 Å². The van der Waals surface area contributed by atoms with Crippen LogP contribution in [0.4, 0.5) is 10.2 Å². The number of halogens is 2. The highest BCUT2D eigenvalue weighted by atomic mass is 35.5. The molecule has 1 fully saturated rings. The smallest absolute Gasteiger partial charge is 0.151 e. The van der Waals surface area contributed by atoms with E-state index in [1.807, 2.05) is 6.07 Å². The molecule has 2 aromatic rings. The fourth-order valence-electron chi connectivity index (χ4n) is 2.36. The van der Waals surface area contributed by atoms with Gasteiger partial charge < -0.3 is 10.2 Å². The van der Waals surface area contributed by atoms with Gasteiger partial charge in [0.2, 0.25) is 0 Å². The van der Waals surface area contributed by atoms with Crippen molar-refractivity contribution in [2.45, 2.75) is 6.42 Å². The third kappa shape index (κ3) is 2.78. The second kappa shape index (κ2) is 5.81. The van der Waals surface area contributed by atoms with Gasteiger partial charge in [-0.05, 0) is 31.2 Å². The molecule has 1 aliphatic heterocycles. The molecular weight excluding hydrogens is 279 g/mol. The molecule has 2 N–H and O–H groups in total. The van der Waals surface area contributed by atoms with Crippen molar-refractivity contribution in [1.82, 2.24) is 15.5 Å². The molecule has 20 heavy (non-hydrogen) atoms. The van der Waals surface area contributed by atoms with Gasteiger partial charge in [0.1, 0.15) is 5.82 Å². The van der Waals surface area contributed by atoms with Gasteiger partial charge in [-0.3, -0.25) is 5.10 Å². The summed E-state index contributed by atoms with van der Waals surface area (Å²) >= 11 is 5.81. The van der Waals surface area contributed by atoms with Gasteiger partial charge in [-0.1, -0.05) is 11.6 Å². The van der Waals surface area contributed by atoms with Crippen molar-refractivity contribution >= 4 is 17.4 Å². The SMILES string of the molecule is Fc1ccc(-c2cc(N3CCCNCC3)n[nH]2)cc1Cl. The summed E-state index contributed by atoms with van der Waals surface area (Å²) in [6, 6.07) is 6.66. The fraction of sp³-hybridized carbons (Fsp3) is 0.357. The van der Waals surface area contributed by atoms with E-state index in [9.17, 15) is 4.39 Å². The van der Waals surface area contributed by atoms with E-state index in [4.69, 9.17) is 11.6 Å². The zero-order chi connectivity index (χ0) is 13.9. The molecule has 2 heterocycles. The van der Waals surface area contributed by atoms with Gasteiger partial charge in [0.05, 0.1) is 10.7 Å². The lowest BCUT2D eigenvalue weighted by Crippen LogP contribution is -2.28. The Balaban J connectivity index is 1.83. The summed E-state index contributed by atoms with van der Waals surface area (Å²) in [6.45, 7) is 3.93. The van der Waals surface area contributed by atoms with Crippen molar-refractivity contribution in [1.29, 1.82) is 0 Å². The van der Waals surface area contributed by atoms with Crippen LogP contribution < -0.4 is 10.2 Å². The third-order valence-corrected chi connectivity index (χ3v) is 3.75. The largest absolute Gasteiger partial charge is 0.354 e. The second-order valence-electron chi connectivity index (χ2n) is 4.86. The summed E-state index contributed by atoms with van der Waals surface area (Å²) in [5.74, 6) is 0.512. The summed E-state index contributed by atoms with van der Waals surface area (Å²) in [6.07, 6.45) is 1.10. The van der Waals surface area contributed by atoms with Crippen LogP contribution in [0.2, 0.25) is 5.02 Å². The molecule has 0 bridgehead atoms. The first-order chi connectivity index (χ1) is 9.74. The molecule has 1 aromatic carbocycles. The van der Waals surface area contributed by atoms with E-state index in [0.717, 1.165) is 49.7 Å². The van der Waals surface area contributed by atoms with Crippen molar-refractivity contribution in [3.05, 3.63) is 35.1 Å². The minimum absolute atomic E-state index is 0.123. The predicted octanol–water partition coefficient (Wildman–Crippen LogP) is 2.67. The van der Waals surface area contributed by atoms with Crippen LogP contribution in [0.3, 0.4) is 0 Å². The van der Waals surface area contributed by atoms with Gasteiger partial charge in [-0.2, -0.15) is 5.10 Å². The van der Waals surface area contributed by atoms with Gasteiger partial charge in [0, 0.05) is 31.3 Å². The Morgan fingerprint density at radius 2 is 2.10 bits per heavy atom. The number of benzene rings is 1. The topological polar surface area (TPSA) is 44.0 Å². The predicted molar refractivity (Wildman–Crippen MR) is 78.7 cm³/mol. The molecule has 0 spiro atoms. The summed E-state index contributed by atoms with van der Waals surface area (Å²) < 4.78 is 13.2. The van der Waals surface area contributed by atoms with E-state index in [2.05, 4.69) is 20.4 Å². The van der Waals surface area contributed by atoms with Crippen molar-refractivity contribution in [2.75, 3.05) is 31.1 Å². The Kier molecular flexibility index (Phi) is 3.89. The van der Waals surface area contributed by atoms with Gasteiger partial charge in [-0.15, -0.1) is 0 Å². The molecular formula is C14H16ClFN4. The molecule has 0 amide bonds. The van der Waals surface area contributed by atoms with Crippen LogP contribution in [0.1, 0.15) is 6.42 Å². The molecule has 1 aliphatic rings. The lowest BCUT2D eigenvalue weighted by atomic mass is 10.1. The van der Waals surface area contributed by atoms with E-state index in [1.165, 1.54) is 6.07 Å². The first-order valence-corrected chi connectivity index (χ1v) is 7.08. The molecule has 0 aliphatic carbocycles. The number of rotatable bonds is 2. The van der Waals surface area contributed by atoms with Crippen LogP contribution in [0.15, 0.2) is 24.3 Å². The maximum absolute atomic E-state index is 13.2. The Morgan fingerprint density at radius 3 is 2.95 bits per heavy atom. The van der Waals surface area contributed by atoms with Crippen molar-refractivity contribution in [3.63, 3.8) is 0 Å². The highest BCUT2D eigenvalue weighted by molar-refractivity contribution is 6.31. The third-order valence-electron chi connectivity index (χ3n) is 3.46. The van der Waals surface area contributed by atoms with Crippen LogP contribution in [-0.4, -0.2) is 36.4 Å². The number of aromatic amines is 1. The Labute approximate surface area is 121 Å². The summed E-state index contributed by atoms with van der Waals surface area (Å²) in [5, 5.41) is 10.8. The first kappa shape index (κ1) is 13.4. The Morgan fingerprint density at radius 1 is 1.20 bits per heavy atom. The molecule has 1 aromatic heterocycles. The molecule has 0 unspecified atom stereocenters. The number of nitrogens with one attached hydrogen (secondary N) is 2. The minimum atomic E-state index is -0.409. The number of H-pyrrole nitrogens is 1. The molecule has 0 atom stereocenters. The van der Waals surface area contributed by atoms with Gasteiger partial charge >= 0.3 is 0 Å². The van der Waals surface area contributed by atoms with E-state index >= 15 is 0 Å². The average molecular weight is 295 g/mol. The van der Waals surface area contributed by atoms with E-state index in [0.29, 0.717) is 0 Å². The van der Waals surface area contributed by atoms with Gasteiger partial charge in [0.15, 0.2) is 5.82 Å². The van der Waals surface area contributed by atoms with Crippen LogP contribution in [0.25, 0.3) is 11.3 Å². The zero-order valence-electron chi connectivity index (χ0n) is 11.0. The van der Waals surface area contributed by atoms with Gasteiger partial charge in [-0.25, -0.2) is 4.39 Å². The Bertz CT molecular complexity index is 591. The second-order valence-corrected chi connectivity index (χ2v) is 5.27. The van der Waals surface area contributed by atoms with Crippen LogP contribution in [0.5, 0.6) is 0 Å². The number of hydrogen-bond donors (Lipinski definition) is 2. The molecule has 6 heteroatoms. The van der Waals surface area contributed by atoms with E-state index in [1.54, 1.807) is 12.1 Å². The standard InChI is InChI=1S/C14H16ClFN4/c15-11-8-10(2-3-12(11)16)13-9-14(19-18-13)20-6-1-4-17-5-7-20/h2-3,8-9,17H,1,4-7H2,(H,18,19). The number of anilines is 1. The molecule has 3 rings (SSSR count). The van der Waals surface area contributed by atoms with Crippen LogP contribution >= 0.6 is 11.6 Å². The quantitative estimate of drug-likeness (QED) is 0.895. The number of hydrogen-bond acceptors (Lipinski definition) is 3. The summed E-state index contributed by atoms with van der Waals surface area (Å²) in [5.41, 5.74) is 1.68. The molecule has 0 radical (unpaired) electrons. The normalized spacial score (nSPS) is 16.2. The van der Waals surface area contributed by atoms with Crippen molar-refractivity contribution in [3.8, 4) is 11.3 Å². The molecule has 0 saturated carbocycles. The monoisotopic (exact) mass is 294 g/mol. The maximum Gasteiger partial charge on any atom is 0.151 e. The highest BCUT2D eigenvalue weighted by Gasteiger charge is 2.13. The number of aromatic nitrogens is 2. The van der Waals surface area contributed by atoms with E-state index in [-0.39, 0.29) is 5.02 Å². The van der Waals surface area contributed by atoms with E-state index < -0.39 is 5.82 Å². The maximum atomic E-state index is 13.2. The Hall–Kier alpha value is -1.59. The molecule has 1 saturated heterocycles. The minimum Gasteiger partial charge on any atom is -0.354 e. The average Bonchev–Trinajstić information content (AvgIpc) is 2.78. The molecule has 106 valence electrons. The zero-order valence-corrected chi connectivity index (χ0v) is 11.8. The fourth-order valence-corrected chi connectivity index (χ4v) is 2.54. The first-order valence-electron chi connectivity index (χ1n) is 6.70. The highest BCUT2D eigenvalue weighted by Crippen LogP contribution is 2.26. The van der Waals surface area contributed by atoms with Crippen molar-refractivity contribution in [2.24, 2.45) is 0 Å². The van der Waals surface area contributed by atoms with Crippen molar-refractivity contribution < 1.29 is 4.39 Å². The molecule has 4 nitrogen and oxygen atoms in total. The van der Waals surface area contributed by atoms with Crippen LogP contribution in [-0.2, 0) is 0 Å². The summed E-state index contributed by atoms with van der Waals surface area (Å²) in [4.78, 5) is 2.24. The van der Waals surface area contributed by atoms with Gasteiger partial charge in [0.25, 0.3) is 0 Å². The number of nitrogens with zero attached hydrogens (tertiary/aromatic N) is 2.